The Morgan fingerprint density at radius 3 is 2.87 bits per heavy atom. The Morgan fingerprint density at radius 2 is 2.20 bits per heavy atom. The number of hydrogen-bond donors (Lipinski definition) is 1. The van der Waals surface area contributed by atoms with Crippen LogP contribution in [0.25, 0.3) is 0 Å². The van der Waals surface area contributed by atoms with E-state index in [-0.39, 0.29) is 5.78 Å². The quantitative estimate of drug-likeness (QED) is 0.793. The third-order valence-electron chi connectivity index (χ3n) is 2.69. The Hall–Kier alpha value is -1.12. The second-order valence-corrected chi connectivity index (χ2v) is 4.07. The van der Waals surface area contributed by atoms with Gasteiger partial charge in [-0.05, 0) is 30.5 Å². The summed E-state index contributed by atoms with van der Waals surface area (Å²) in [5, 5.41) is 0.500. The summed E-state index contributed by atoms with van der Waals surface area (Å²) in [6.45, 7) is 0. The van der Waals surface area contributed by atoms with Gasteiger partial charge in [-0.15, -0.1) is 0 Å². The van der Waals surface area contributed by atoms with Crippen LogP contribution < -0.4 is 5.73 Å². The lowest BCUT2D eigenvalue weighted by molar-refractivity contribution is -0.120. The van der Waals surface area contributed by atoms with Crippen molar-refractivity contribution >= 4 is 17.4 Å². The lowest BCUT2D eigenvalue weighted by atomic mass is 9.79. The molecule has 1 atom stereocenters. The molecule has 3 heteroatoms. The van der Waals surface area contributed by atoms with Gasteiger partial charge in [-0.1, -0.05) is 35.9 Å². The Bertz CT molecular complexity index is 472. The van der Waals surface area contributed by atoms with E-state index in [1.807, 2.05) is 6.07 Å². The molecule has 0 fully saturated rings. The largest absolute Gasteiger partial charge is 0.315 e. The van der Waals surface area contributed by atoms with Gasteiger partial charge in [0, 0.05) is 5.02 Å². The van der Waals surface area contributed by atoms with Crippen LogP contribution in [0.3, 0.4) is 0 Å². The molecule has 2 rings (SSSR count). The first-order valence-corrected chi connectivity index (χ1v) is 5.17. The van der Waals surface area contributed by atoms with Gasteiger partial charge in [-0.3, -0.25) is 4.79 Å². The smallest absolute Gasteiger partial charge is 0.179 e. The normalized spacial score (nSPS) is 27.2. The summed E-state index contributed by atoms with van der Waals surface area (Å²) in [6, 6.07) is 7.43. The second kappa shape index (κ2) is 3.80. The predicted octanol–water partition coefficient (Wildman–Crippen LogP) is 2.41. The number of carbonyl (C=O) groups excluding carboxylic acids is 1. The van der Waals surface area contributed by atoms with Crippen molar-refractivity contribution in [2.45, 2.75) is 18.4 Å². The highest BCUT2D eigenvalue weighted by Gasteiger charge is 2.36. The SMILES string of the molecule is [2H]C1=CC(=O)C(N)(c2ccccc2Cl)CC1. The third kappa shape index (κ3) is 1.71. The van der Waals surface area contributed by atoms with Crippen LogP contribution in [0.5, 0.6) is 0 Å². The molecule has 1 aliphatic carbocycles. The van der Waals surface area contributed by atoms with Gasteiger partial charge in [0.25, 0.3) is 0 Å². The molecule has 15 heavy (non-hydrogen) atoms. The van der Waals surface area contributed by atoms with Crippen molar-refractivity contribution in [3.05, 3.63) is 47.0 Å². The Kier molecular flexibility index (Phi) is 2.31. The standard InChI is InChI=1S/C12H12ClNO/c13-10-6-2-1-5-9(10)12(14)8-4-3-7-11(12)15/h1-3,5-7H,4,8,14H2/i3D. The molecule has 1 aliphatic rings. The van der Waals surface area contributed by atoms with Crippen LogP contribution in [0.4, 0.5) is 0 Å². The minimum absolute atomic E-state index is 0.239. The average molecular weight is 223 g/mol. The average Bonchev–Trinajstić information content (AvgIpc) is 2.25. The fraction of sp³-hybridized carbons (Fsp3) is 0.250. The predicted molar refractivity (Wildman–Crippen MR) is 60.7 cm³/mol. The molecule has 1 aromatic rings. The maximum atomic E-state index is 11.9. The maximum absolute atomic E-state index is 11.9. The number of carbonyl (C=O) groups is 1. The summed E-state index contributed by atoms with van der Waals surface area (Å²) in [5.41, 5.74) is 5.70. The molecular formula is C12H12ClNO. The molecule has 78 valence electrons. The summed E-state index contributed by atoms with van der Waals surface area (Å²) in [4.78, 5) is 11.9. The van der Waals surface area contributed by atoms with Crippen LogP contribution in [0, 0.1) is 0 Å². The van der Waals surface area contributed by atoms with Crippen LogP contribution in [-0.2, 0) is 10.3 Å². The molecule has 0 saturated carbocycles. The highest BCUT2D eigenvalue weighted by molar-refractivity contribution is 6.31. The molecule has 0 saturated heterocycles. The fourth-order valence-electron chi connectivity index (χ4n) is 1.78. The van der Waals surface area contributed by atoms with E-state index in [0.717, 1.165) is 0 Å². The molecule has 0 spiro atoms. The van der Waals surface area contributed by atoms with Gasteiger partial charge in [0.2, 0.25) is 0 Å². The molecule has 1 unspecified atom stereocenters. The zero-order valence-electron chi connectivity index (χ0n) is 9.16. The van der Waals surface area contributed by atoms with Gasteiger partial charge in [-0.2, -0.15) is 0 Å². The van der Waals surface area contributed by atoms with Crippen LogP contribution in [0.2, 0.25) is 5.02 Å². The van der Waals surface area contributed by atoms with Crippen molar-refractivity contribution in [1.29, 1.82) is 0 Å². The molecule has 0 aliphatic heterocycles. The van der Waals surface area contributed by atoms with Gasteiger partial charge in [0.05, 0.1) is 1.37 Å². The lowest BCUT2D eigenvalue weighted by Gasteiger charge is -2.30. The topological polar surface area (TPSA) is 43.1 Å². The van der Waals surface area contributed by atoms with Crippen LogP contribution in [-0.4, -0.2) is 5.78 Å². The number of hydrogen-bond acceptors (Lipinski definition) is 2. The molecule has 0 aromatic heterocycles. The molecule has 0 bridgehead atoms. The van der Waals surface area contributed by atoms with Gasteiger partial charge < -0.3 is 5.73 Å². The molecule has 0 amide bonds. The number of nitrogens with two attached hydrogens (primary N) is 1. The van der Waals surface area contributed by atoms with E-state index < -0.39 is 5.54 Å². The van der Waals surface area contributed by atoms with E-state index in [4.69, 9.17) is 18.7 Å². The number of halogens is 1. The minimum atomic E-state index is -1.07. The van der Waals surface area contributed by atoms with Gasteiger partial charge in [0.1, 0.15) is 5.54 Å². The van der Waals surface area contributed by atoms with E-state index in [1.165, 1.54) is 6.08 Å². The summed E-state index contributed by atoms with van der Waals surface area (Å²) in [7, 11) is 0. The van der Waals surface area contributed by atoms with Crippen molar-refractivity contribution in [1.82, 2.24) is 0 Å². The lowest BCUT2D eigenvalue weighted by Crippen LogP contribution is -2.45. The third-order valence-corrected chi connectivity index (χ3v) is 3.02. The van der Waals surface area contributed by atoms with Gasteiger partial charge in [0.15, 0.2) is 5.78 Å². The fourth-order valence-corrected chi connectivity index (χ4v) is 2.08. The first kappa shape index (κ1) is 9.13. The number of benzene rings is 1. The molecule has 0 heterocycles. The molecular weight excluding hydrogens is 210 g/mol. The summed E-state index contributed by atoms with van der Waals surface area (Å²) in [5.74, 6) is -0.239. The zero-order valence-corrected chi connectivity index (χ0v) is 8.92. The van der Waals surface area contributed by atoms with Crippen molar-refractivity contribution < 1.29 is 6.17 Å². The van der Waals surface area contributed by atoms with Crippen molar-refractivity contribution in [3.63, 3.8) is 0 Å². The monoisotopic (exact) mass is 222 g/mol. The number of ketones is 1. The van der Waals surface area contributed by atoms with E-state index in [9.17, 15) is 4.79 Å². The number of rotatable bonds is 1. The first-order valence-electron chi connectivity index (χ1n) is 5.29. The molecule has 2 N–H and O–H groups in total. The summed E-state index contributed by atoms with van der Waals surface area (Å²) < 4.78 is 7.45. The van der Waals surface area contributed by atoms with Gasteiger partial charge >= 0.3 is 0 Å². The van der Waals surface area contributed by atoms with E-state index in [1.54, 1.807) is 18.2 Å². The highest BCUT2D eigenvalue weighted by Crippen LogP contribution is 2.33. The molecule has 0 radical (unpaired) electrons. The maximum Gasteiger partial charge on any atom is 0.179 e. The summed E-state index contributed by atoms with van der Waals surface area (Å²) in [6.07, 6.45) is 2.24. The van der Waals surface area contributed by atoms with E-state index >= 15 is 0 Å². The Balaban J connectivity index is 2.48. The van der Waals surface area contributed by atoms with E-state index in [2.05, 4.69) is 0 Å². The highest BCUT2D eigenvalue weighted by atomic mass is 35.5. The second-order valence-electron chi connectivity index (χ2n) is 3.66. The summed E-state index contributed by atoms with van der Waals surface area (Å²) >= 11 is 6.05. The van der Waals surface area contributed by atoms with Crippen molar-refractivity contribution in [2.24, 2.45) is 5.73 Å². The van der Waals surface area contributed by atoms with Crippen LogP contribution in [0.1, 0.15) is 19.8 Å². The van der Waals surface area contributed by atoms with Crippen LogP contribution >= 0.6 is 11.6 Å². The zero-order chi connectivity index (χ0) is 11.8. The molecule has 2 nitrogen and oxygen atoms in total. The Morgan fingerprint density at radius 1 is 1.47 bits per heavy atom. The minimum Gasteiger partial charge on any atom is -0.315 e. The number of allylic oxidation sites excluding steroid dienone is 1. The molecule has 1 aromatic carbocycles. The van der Waals surface area contributed by atoms with Gasteiger partial charge in [-0.25, -0.2) is 0 Å². The van der Waals surface area contributed by atoms with E-state index in [0.29, 0.717) is 29.5 Å². The first-order chi connectivity index (χ1) is 7.54. The Labute approximate surface area is 95.1 Å². The van der Waals surface area contributed by atoms with Crippen molar-refractivity contribution in [2.75, 3.05) is 0 Å². The van der Waals surface area contributed by atoms with Crippen molar-refractivity contribution in [3.8, 4) is 0 Å². The van der Waals surface area contributed by atoms with Crippen LogP contribution in [0.15, 0.2) is 36.4 Å².